The first-order chi connectivity index (χ1) is 9.20. The minimum Gasteiger partial charge on any atom is -0.356 e. The van der Waals surface area contributed by atoms with Gasteiger partial charge < -0.3 is 15.6 Å². The third-order valence-electron chi connectivity index (χ3n) is 3.58. The number of aromatic amines is 1. The van der Waals surface area contributed by atoms with Gasteiger partial charge in [-0.15, -0.1) is 0 Å². The number of aromatic nitrogens is 1. The number of hydrogen-bond acceptors (Lipinski definition) is 3. The number of rotatable bonds is 6. The van der Waals surface area contributed by atoms with E-state index in [1.165, 1.54) is 6.42 Å². The highest BCUT2D eigenvalue weighted by Crippen LogP contribution is 2.14. The third-order valence-corrected chi connectivity index (χ3v) is 3.58. The minimum absolute atomic E-state index is 0.170. The summed E-state index contributed by atoms with van der Waals surface area (Å²) in [6.07, 6.45) is 4.05. The largest absolute Gasteiger partial charge is 0.356 e. The Labute approximate surface area is 113 Å². The summed E-state index contributed by atoms with van der Waals surface area (Å²) < 4.78 is 0. The highest BCUT2D eigenvalue weighted by Gasteiger charge is 2.15. The van der Waals surface area contributed by atoms with Gasteiger partial charge in [0.1, 0.15) is 0 Å². The van der Waals surface area contributed by atoms with Crippen molar-refractivity contribution in [2.24, 2.45) is 5.92 Å². The van der Waals surface area contributed by atoms with Gasteiger partial charge in [0.15, 0.2) is 6.29 Å². The summed E-state index contributed by atoms with van der Waals surface area (Å²) in [6.45, 7) is 4.71. The lowest BCUT2D eigenvalue weighted by atomic mass is 10.0. The van der Waals surface area contributed by atoms with Crippen molar-refractivity contribution in [3.05, 3.63) is 23.0 Å². The summed E-state index contributed by atoms with van der Waals surface area (Å²) in [5, 5.41) is 6.21. The maximum absolute atomic E-state index is 11.9. The van der Waals surface area contributed by atoms with E-state index in [0.29, 0.717) is 24.1 Å². The SMILES string of the molecule is Cc1cc(C(=O)NCCCC2CCNC2)c(C=O)[nH]1. The van der Waals surface area contributed by atoms with Crippen molar-refractivity contribution in [1.82, 2.24) is 15.6 Å². The van der Waals surface area contributed by atoms with Gasteiger partial charge in [-0.05, 0) is 51.3 Å². The highest BCUT2D eigenvalue weighted by atomic mass is 16.1. The Balaban J connectivity index is 1.75. The van der Waals surface area contributed by atoms with E-state index in [0.717, 1.165) is 37.5 Å². The molecule has 1 aromatic rings. The monoisotopic (exact) mass is 263 g/mol. The molecule has 1 saturated heterocycles. The van der Waals surface area contributed by atoms with E-state index < -0.39 is 0 Å². The van der Waals surface area contributed by atoms with Crippen LogP contribution in [-0.4, -0.2) is 36.8 Å². The smallest absolute Gasteiger partial charge is 0.253 e. The van der Waals surface area contributed by atoms with E-state index >= 15 is 0 Å². The number of aldehydes is 1. The molecule has 1 aliphatic rings. The summed E-state index contributed by atoms with van der Waals surface area (Å²) in [7, 11) is 0. The van der Waals surface area contributed by atoms with Crippen LogP contribution in [0.4, 0.5) is 0 Å². The molecule has 5 nitrogen and oxygen atoms in total. The van der Waals surface area contributed by atoms with Crippen molar-refractivity contribution in [3.8, 4) is 0 Å². The molecule has 1 aromatic heterocycles. The first-order valence-electron chi connectivity index (χ1n) is 6.84. The first-order valence-corrected chi connectivity index (χ1v) is 6.84. The Morgan fingerprint density at radius 1 is 1.58 bits per heavy atom. The molecular formula is C14H21N3O2. The average Bonchev–Trinajstić information content (AvgIpc) is 3.03. The van der Waals surface area contributed by atoms with E-state index in [1.54, 1.807) is 6.07 Å². The molecule has 2 heterocycles. The molecule has 104 valence electrons. The van der Waals surface area contributed by atoms with Crippen molar-refractivity contribution in [1.29, 1.82) is 0 Å². The van der Waals surface area contributed by atoms with Crippen molar-refractivity contribution < 1.29 is 9.59 Å². The molecule has 1 fully saturated rings. The summed E-state index contributed by atoms with van der Waals surface area (Å²) in [5.41, 5.74) is 1.62. The van der Waals surface area contributed by atoms with Crippen molar-refractivity contribution in [2.45, 2.75) is 26.2 Å². The normalized spacial score (nSPS) is 18.5. The van der Waals surface area contributed by atoms with Crippen LogP contribution in [0.1, 0.15) is 45.8 Å². The summed E-state index contributed by atoms with van der Waals surface area (Å²) in [6, 6.07) is 1.71. The molecule has 0 radical (unpaired) electrons. The molecule has 5 heteroatoms. The second kappa shape index (κ2) is 6.52. The number of carbonyl (C=O) groups is 2. The second-order valence-electron chi connectivity index (χ2n) is 5.15. The number of nitrogens with one attached hydrogen (secondary N) is 3. The zero-order chi connectivity index (χ0) is 13.7. The van der Waals surface area contributed by atoms with E-state index in [-0.39, 0.29) is 5.91 Å². The van der Waals surface area contributed by atoms with E-state index in [1.807, 2.05) is 6.92 Å². The Bertz CT molecular complexity index is 448. The van der Waals surface area contributed by atoms with Crippen molar-refractivity contribution >= 4 is 12.2 Å². The highest BCUT2D eigenvalue weighted by molar-refractivity contribution is 6.00. The molecule has 2 rings (SSSR count). The van der Waals surface area contributed by atoms with E-state index in [2.05, 4.69) is 15.6 Å². The van der Waals surface area contributed by atoms with Gasteiger partial charge in [-0.1, -0.05) is 0 Å². The predicted octanol–water partition coefficient (Wildman–Crippen LogP) is 1.26. The van der Waals surface area contributed by atoms with Gasteiger partial charge in [0.25, 0.3) is 5.91 Å². The molecule has 3 N–H and O–H groups in total. The van der Waals surface area contributed by atoms with Crippen LogP contribution >= 0.6 is 0 Å². The average molecular weight is 263 g/mol. The molecular weight excluding hydrogens is 242 g/mol. The van der Waals surface area contributed by atoms with Crippen LogP contribution in [0.5, 0.6) is 0 Å². The number of H-pyrrole nitrogens is 1. The Hall–Kier alpha value is -1.62. The predicted molar refractivity (Wildman–Crippen MR) is 73.5 cm³/mol. The zero-order valence-corrected chi connectivity index (χ0v) is 11.3. The van der Waals surface area contributed by atoms with Gasteiger partial charge in [0.2, 0.25) is 0 Å². The van der Waals surface area contributed by atoms with E-state index in [9.17, 15) is 9.59 Å². The number of aryl methyl sites for hydroxylation is 1. The molecule has 1 amide bonds. The Kier molecular flexibility index (Phi) is 4.74. The molecule has 1 atom stereocenters. The lowest BCUT2D eigenvalue weighted by Gasteiger charge is -2.08. The molecule has 0 bridgehead atoms. The van der Waals surface area contributed by atoms with Crippen LogP contribution in [-0.2, 0) is 0 Å². The topological polar surface area (TPSA) is 74.0 Å². The second-order valence-corrected chi connectivity index (χ2v) is 5.15. The maximum Gasteiger partial charge on any atom is 0.253 e. The van der Waals surface area contributed by atoms with Crippen LogP contribution < -0.4 is 10.6 Å². The van der Waals surface area contributed by atoms with Gasteiger partial charge in [0, 0.05) is 12.2 Å². The quantitative estimate of drug-likeness (QED) is 0.534. The molecule has 1 aliphatic heterocycles. The molecule has 0 aromatic carbocycles. The Morgan fingerprint density at radius 3 is 3.11 bits per heavy atom. The third kappa shape index (κ3) is 3.67. The number of amides is 1. The van der Waals surface area contributed by atoms with Gasteiger partial charge in [-0.3, -0.25) is 9.59 Å². The van der Waals surface area contributed by atoms with Gasteiger partial charge in [0.05, 0.1) is 11.3 Å². The van der Waals surface area contributed by atoms with Gasteiger partial charge in [-0.2, -0.15) is 0 Å². The fourth-order valence-corrected chi connectivity index (χ4v) is 2.54. The van der Waals surface area contributed by atoms with E-state index in [4.69, 9.17) is 0 Å². The number of hydrogen-bond donors (Lipinski definition) is 3. The van der Waals surface area contributed by atoms with Gasteiger partial charge in [-0.25, -0.2) is 0 Å². The Morgan fingerprint density at radius 2 is 2.42 bits per heavy atom. The number of carbonyl (C=O) groups excluding carboxylic acids is 2. The fraction of sp³-hybridized carbons (Fsp3) is 0.571. The maximum atomic E-state index is 11.9. The minimum atomic E-state index is -0.170. The van der Waals surface area contributed by atoms with Crippen molar-refractivity contribution in [2.75, 3.05) is 19.6 Å². The molecule has 0 aliphatic carbocycles. The standard InChI is InChI=1S/C14H21N3O2/c1-10-7-12(13(9-18)17-10)14(19)16-5-2-3-11-4-6-15-8-11/h7,9,11,15,17H,2-6,8H2,1H3,(H,16,19). The van der Waals surface area contributed by atoms with Crippen LogP contribution in [0.15, 0.2) is 6.07 Å². The summed E-state index contributed by atoms with van der Waals surface area (Å²) in [4.78, 5) is 25.6. The summed E-state index contributed by atoms with van der Waals surface area (Å²) >= 11 is 0. The first kappa shape index (κ1) is 13.8. The lowest BCUT2D eigenvalue weighted by molar-refractivity contribution is 0.0947. The molecule has 0 saturated carbocycles. The molecule has 19 heavy (non-hydrogen) atoms. The van der Waals surface area contributed by atoms with Gasteiger partial charge >= 0.3 is 0 Å². The van der Waals surface area contributed by atoms with Crippen LogP contribution in [0, 0.1) is 12.8 Å². The zero-order valence-electron chi connectivity index (χ0n) is 11.3. The lowest BCUT2D eigenvalue weighted by Crippen LogP contribution is -2.25. The molecule has 1 unspecified atom stereocenters. The summed E-state index contributed by atoms with van der Waals surface area (Å²) in [5.74, 6) is 0.577. The van der Waals surface area contributed by atoms with Crippen LogP contribution in [0.2, 0.25) is 0 Å². The van der Waals surface area contributed by atoms with Crippen LogP contribution in [0.25, 0.3) is 0 Å². The van der Waals surface area contributed by atoms with Crippen molar-refractivity contribution in [3.63, 3.8) is 0 Å². The fourth-order valence-electron chi connectivity index (χ4n) is 2.54. The molecule has 0 spiro atoms. The van der Waals surface area contributed by atoms with Crippen LogP contribution in [0.3, 0.4) is 0 Å².